The summed E-state index contributed by atoms with van der Waals surface area (Å²) in [6.07, 6.45) is 2.87. The lowest BCUT2D eigenvalue weighted by Gasteiger charge is -2.11. The Bertz CT molecular complexity index is 404. The standard InChI is InChI=1S/C13H16BrNO2/c14-11-3-1-2-10(6-11)7-12(15)13(16)17-8-9-4-5-9/h1-3,6,9,12H,4-5,7-8,15H2/t12-/m0/s1. The van der Waals surface area contributed by atoms with Crippen LogP contribution in [0.3, 0.4) is 0 Å². The Labute approximate surface area is 109 Å². The Morgan fingerprint density at radius 1 is 1.53 bits per heavy atom. The third-order valence-corrected chi connectivity index (χ3v) is 3.30. The fourth-order valence-corrected chi connectivity index (χ4v) is 2.04. The number of esters is 1. The van der Waals surface area contributed by atoms with Crippen LogP contribution in [0.2, 0.25) is 0 Å². The first-order valence-corrected chi connectivity index (χ1v) is 6.61. The van der Waals surface area contributed by atoms with E-state index in [1.165, 1.54) is 12.8 Å². The first-order valence-electron chi connectivity index (χ1n) is 5.82. The van der Waals surface area contributed by atoms with Crippen molar-refractivity contribution in [1.29, 1.82) is 0 Å². The highest BCUT2D eigenvalue weighted by Gasteiger charge is 2.24. The van der Waals surface area contributed by atoms with E-state index in [1.807, 2.05) is 24.3 Å². The lowest BCUT2D eigenvalue weighted by atomic mass is 10.1. The first kappa shape index (κ1) is 12.6. The Balaban J connectivity index is 1.82. The van der Waals surface area contributed by atoms with Crippen molar-refractivity contribution in [3.63, 3.8) is 0 Å². The van der Waals surface area contributed by atoms with E-state index in [-0.39, 0.29) is 5.97 Å². The zero-order valence-electron chi connectivity index (χ0n) is 9.56. The molecule has 1 fully saturated rings. The molecule has 0 radical (unpaired) electrons. The summed E-state index contributed by atoms with van der Waals surface area (Å²) >= 11 is 3.39. The minimum absolute atomic E-state index is 0.295. The van der Waals surface area contributed by atoms with Crippen LogP contribution in [-0.4, -0.2) is 18.6 Å². The molecule has 1 atom stereocenters. The summed E-state index contributed by atoms with van der Waals surface area (Å²) < 4.78 is 6.15. The minimum Gasteiger partial charge on any atom is -0.464 e. The topological polar surface area (TPSA) is 52.3 Å². The van der Waals surface area contributed by atoms with Gasteiger partial charge in [0.05, 0.1) is 6.61 Å². The highest BCUT2D eigenvalue weighted by atomic mass is 79.9. The summed E-state index contributed by atoms with van der Waals surface area (Å²) in [5, 5.41) is 0. The molecule has 0 saturated heterocycles. The molecule has 92 valence electrons. The van der Waals surface area contributed by atoms with Crippen molar-refractivity contribution in [2.75, 3.05) is 6.61 Å². The molecule has 0 amide bonds. The maximum absolute atomic E-state index is 11.6. The van der Waals surface area contributed by atoms with Crippen LogP contribution < -0.4 is 5.73 Å². The minimum atomic E-state index is -0.567. The number of hydrogen-bond acceptors (Lipinski definition) is 3. The molecule has 2 N–H and O–H groups in total. The van der Waals surface area contributed by atoms with Gasteiger partial charge in [0.15, 0.2) is 0 Å². The van der Waals surface area contributed by atoms with Gasteiger partial charge in [0, 0.05) is 4.47 Å². The molecule has 1 aromatic rings. The maximum atomic E-state index is 11.6. The molecule has 0 aliphatic heterocycles. The van der Waals surface area contributed by atoms with Crippen LogP contribution in [0.25, 0.3) is 0 Å². The van der Waals surface area contributed by atoms with E-state index in [0.29, 0.717) is 18.9 Å². The molecule has 17 heavy (non-hydrogen) atoms. The van der Waals surface area contributed by atoms with Crippen LogP contribution in [0, 0.1) is 5.92 Å². The highest BCUT2D eigenvalue weighted by molar-refractivity contribution is 9.10. The molecule has 0 bridgehead atoms. The summed E-state index contributed by atoms with van der Waals surface area (Å²) in [6.45, 7) is 0.533. The van der Waals surface area contributed by atoms with Crippen molar-refractivity contribution in [3.05, 3.63) is 34.3 Å². The van der Waals surface area contributed by atoms with Gasteiger partial charge in [-0.3, -0.25) is 4.79 Å². The van der Waals surface area contributed by atoms with Crippen molar-refractivity contribution < 1.29 is 9.53 Å². The molecule has 0 heterocycles. The number of benzene rings is 1. The molecule has 1 aromatic carbocycles. The van der Waals surface area contributed by atoms with Crippen LogP contribution in [-0.2, 0) is 16.0 Å². The van der Waals surface area contributed by atoms with Gasteiger partial charge >= 0.3 is 5.97 Å². The summed E-state index contributed by atoms with van der Waals surface area (Å²) in [5.74, 6) is 0.286. The SMILES string of the molecule is N[C@@H](Cc1cccc(Br)c1)C(=O)OCC1CC1. The number of ether oxygens (including phenoxy) is 1. The fourth-order valence-electron chi connectivity index (χ4n) is 1.59. The van der Waals surface area contributed by atoms with Gasteiger partial charge in [0.25, 0.3) is 0 Å². The number of carbonyl (C=O) groups is 1. The average Bonchev–Trinajstić information content (AvgIpc) is 3.09. The van der Waals surface area contributed by atoms with Gasteiger partial charge < -0.3 is 10.5 Å². The molecule has 1 saturated carbocycles. The molecule has 0 spiro atoms. The smallest absolute Gasteiger partial charge is 0.323 e. The Morgan fingerprint density at radius 3 is 2.94 bits per heavy atom. The van der Waals surface area contributed by atoms with E-state index in [2.05, 4.69) is 15.9 Å². The van der Waals surface area contributed by atoms with Crippen LogP contribution in [0.15, 0.2) is 28.7 Å². The van der Waals surface area contributed by atoms with E-state index in [1.54, 1.807) is 0 Å². The lowest BCUT2D eigenvalue weighted by Crippen LogP contribution is -2.34. The van der Waals surface area contributed by atoms with Gasteiger partial charge in [0.2, 0.25) is 0 Å². The molecule has 3 nitrogen and oxygen atoms in total. The summed E-state index contributed by atoms with van der Waals surface area (Å²) in [7, 11) is 0. The van der Waals surface area contributed by atoms with Crippen LogP contribution in [0.5, 0.6) is 0 Å². The van der Waals surface area contributed by atoms with E-state index >= 15 is 0 Å². The molecule has 1 aliphatic rings. The molecule has 1 aliphatic carbocycles. The number of carbonyl (C=O) groups excluding carboxylic acids is 1. The van der Waals surface area contributed by atoms with Crippen molar-refractivity contribution in [2.45, 2.75) is 25.3 Å². The molecular weight excluding hydrogens is 282 g/mol. The van der Waals surface area contributed by atoms with Crippen LogP contribution in [0.4, 0.5) is 0 Å². The van der Waals surface area contributed by atoms with E-state index in [0.717, 1.165) is 10.0 Å². The normalized spacial score (nSPS) is 16.6. The average molecular weight is 298 g/mol. The van der Waals surface area contributed by atoms with Gasteiger partial charge in [0.1, 0.15) is 6.04 Å². The monoisotopic (exact) mass is 297 g/mol. The molecular formula is C13H16BrNO2. The summed E-state index contributed by atoms with van der Waals surface area (Å²) in [4.78, 5) is 11.6. The van der Waals surface area contributed by atoms with Gasteiger partial charge in [-0.1, -0.05) is 28.1 Å². The lowest BCUT2D eigenvalue weighted by molar-refractivity contribution is -0.145. The fraction of sp³-hybridized carbons (Fsp3) is 0.462. The molecule has 2 rings (SSSR count). The second-order valence-electron chi connectivity index (χ2n) is 4.51. The Hall–Kier alpha value is -0.870. The predicted molar refractivity (Wildman–Crippen MR) is 69.5 cm³/mol. The number of nitrogens with two attached hydrogens (primary N) is 1. The Morgan fingerprint density at radius 2 is 2.29 bits per heavy atom. The number of hydrogen-bond donors (Lipinski definition) is 1. The van der Waals surface area contributed by atoms with E-state index in [4.69, 9.17) is 10.5 Å². The second kappa shape index (κ2) is 5.65. The van der Waals surface area contributed by atoms with Crippen molar-refractivity contribution in [3.8, 4) is 0 Å². The molecule has 4 heteroatoms. The zero-order valence-corrected chi connectivity index (χ0v) is 11.2. The van der Waals surface area contributed by atoms with Gasteiger partial charge in [-0.25, -0.2) is 0 Å². The van der Waals surface area contributed by atoms with Crippen LogP contribution in [0.1, 0.15) is 18.4 Å². The van der Waals surface area contributed by atoms with Crippen molar-refractivity contribution in [2.24, 2.45) is 11.7 Å². The molecule has 0 unspecified atom stereocenters. The van der Waals surface area contributed by atoms with Crippen LogP contribution >= 0.6 is 15.9 Å². The van der Waals surface area contributed by atoms with Gasteiger partial charge in [-0.15, -0.1) is 0 Å². The highest BCUT2D eigenvalue weighted by Crippen LogP contribution is 2.28. The quantitative estimate of drug-likeness (QED) is 0.848. The maximum Gasteiger partial charge on any atom is 0.323 e. The van der Waals surface area contributed by atoms with Crippen molar-refractivity contribution >= 4 is 21.9 Å². The first-order chi connectivity index (χ1) is 8.15. The van der Waals surface area contributed by atoms with Gasteiger partial charge in [-0.05, 0) is 42.9 Å². The summed E-state index contributed by atoms with van der Waals surface area (Å²) in [5.41, 5.74) is 6.85. The van der Waals surface area contributed by atoms with Gasteiger partial charge in [-0.2, -0.15) is 0 Å². The van der Waals surface area contributed by atoms with E-state index in [9.17, 15) is 4.79 Å². The van der Waals surface area contributed by atoms with Crippen molar-refractivity contribution in [1.82, 2.24) is 0 Å². The van der Waals surface area contributed by atoms with E-state index < -0.39 is 6.04 Å². The number of rotatable bonds is 5. The second-order valence-corrected chi connectivity index (χ2v) is 5.43. The largest absolute Gasteiger partial charge is 0.464 e. The Kier molecular flexibility index (Phi) is 4.18. The number of halogens is 1. The third kappa shape index (κ3) is 4.13. The third-order valence-electron chi connectivity index (χ3n) is 2.81. The zero-order chi connectivity index (χ0) is 12.3. The predicted octanol–water partition coefficient (Wildman–Crippen LogP) is 2.27. The molecule has 0 aromatic heterocycles. The summed E-state index contributed by atoms with van der Waals surface area (Å²) in [6, 6.07) is 7.23.